The van der Waals surface area contributed by atoms with Crippen molar-refractivity contribution in [2.75, 3.05) is 0 Å². The van der Waals surface area contributed by atoms with E-state index in [9.17, 15) is 19.8 Å². The number of carbonyl (C=O) groups is 2. The van der Waals surface area contributed by atoms with Crippen LogP contribution in [0.4, 0.5) is 0 Å². The van der Waals surface area contributed by atoms with Crippen LogP contribution in [-0.2, 0) is 11.2 Å². The van der Waals surface area contributed by atoms with Gasteiger partial charge in [0, 0.05) is 12.4 Å². The van der Waals surface area contributed by atoms with Gasteiger partial charge in [-0.2, -0.15) is 0 Å². The summed E-state index contributed by atoms with van der Waals surface area (Å²) in [5.41, 5.74) is 1.00. The quantitative estimate of drug-likeness (QED) is 0.529. The Hall–Kier alpha value is -0.620. The molecule has 0 heterocycles. The maximum absolute atomic E-state index is 10.1. The van der Waals surface area contributed by atoms with Crippen molar-refractivity contribution in [1.82, 2.24) is 0 Å². The van der Waals surface area contributed by atoms with E-state index < -0.39 is 11.9 Å². The van der Waals surface area contributed by atoms with E-state index in [2.05, 4.69) is 0 Å². The Morgan fingerprint density at radius 3 is 1.52 bits per heavy atom. The SMILES string of the molecule is O=C([O-])Cc1ccccc1.O=C([O-])c1ccccc1.[Na+].[Na+]. The van der Waals surface area contributed by atoms with Crippen LogP contribution in [0.3, 0.4) is 0 Å². The van der Waals surface area contributed by atoms with Crippen LogP contribution in [0.15, 0.2) is 60.7 Å². The van der Waals surface area contributed by atoms with Gasteiger partial charge < -0.3 is 19.8 Å². The van der Waals surface area contributed by atoms with Crippen molar-refractivity contribution in [3.05, 3.63) is 71.8 Å². The topological polar surface area (TPSA) is 80.3 Å². The van der Waals surface area contributed by atoms with Gasteiger partial charge >= 0.3 is 59.1 Å². The molecule has 0 aliphatic rings. The van der Waals surface area contributed by atoms with Crippen LogP contribution in [0.1, 0.15) is 15.9 Å². The number of aliphatic carboxylic acids is 1. The zero-order valence-corrected chi connectivity index (χ0v) is 16.1. The summed E-state index contributed by atoms with van der Waals surface area (Å²) in [4.78, 5) is 20.1. The summed E-state index contributed by atoms with van der Waals surface area (Å²) in [6, 6.07) is 17.0. The van der Waals surface area contributed by atoms with E-state index in [1.165, 1.54) is 12.1 Å². The summed E-state index contributed by atoms with van der Waals surface area (Å²) in [6.45, 7) is 0. The summed E-state index contributed by atoms with van der Waals surface area (Å²) >= 11 is 0. The first-order valence-electron chi connectivity index (χ1n) is 5.59. The molecule has 0 spiro atoms. The second-order valence-corrected chi connectivity index (χ2v) is 3.69. The Balaban J connectivity index is 0. The first-order valence-corrected chi connectivity index (χ1v) is 5.59. The Kier molecular flexibility index (Phi) is 14.1. The smallest absolute Gasteiger partial charge is 0.550 e. The average Bonchev–Trinajstić information content (AvgIpc) is 2.41. The molecule has 0 bridgehead atoms. The van der Waals surface area contributed by atoms with Crippen molar-refractivity contribution in [2.24, 2.45) is 0 Å². The van der Waals surface area contributed by atoms with Crippen LogP contribution in [0.5, 0.6) is 0 Å². The number of carboxylic acids is 2. The van der Waals surface area contributed by atoms with Gasteiger partial charge in [-0.25, -0.2) is 0 Å². The monoisotopic (exact) mass is 302 g/mol. The van der Waals surface area contributed by atoms with E-state index in [4.69, 9.17) is 0 Å². The van der Waals surface area contributed by atoms with E-state index in [0.717, 1.165) is 5.56 Å². The summed E-state index contributed by atoms with van der Waals surface area (Å²) in [5, 5.41) is 20.1. The summed E-state index contributed by atoms with van der Waals surface area (Å²) in [7, 11) is 0. The summed E-state index contributed by atoms with van der Waals surface area (Å²) < 4.78 is 0. The van der Waals surface area contributed by atoms with Crippen LogP contribution in [0.2, 0.25) is 0 Å². The molecular weight excluding hydrogens is 290 g/mol. The zero-order chi connectivity index (χ0) is 14.1. The molecule has 0 N–H and O–H groups in total. The molecule has 0 aromatic heterocycles. The van der Waals surface area contributed by atoms with Crippen molar-refractivity contribution in [3.8, 4) is 0 Å². The fourth-order valence-corrected chi connectivity index (χ4v) is 1.34. The molecular formula is C15H12Na2O4. The molecule has 0 aliphatic heterocycles. The molecule has 0 saturated carbocycles. The molecule has 0 aliphatic carbocycles. The van der Waals surface area contributed by atoms with Crippen molar-refractivity contribution in [3.63, 3.8) is 0 Å². The van der Waals surface area contributed by atoms with Crippen molar-refractivity contribution in [1.29, 1.82) is 0 Å². The number of benzene rings is 2. The minimum absolute atomic E-state index is 0. The number of aromatic carboxylic acids is 1. The number of carbonyl (C=O) groups excluding carboxylic acids is 2. The molecule has 0 saturated heterocycles. The van der Waals surface area contributed by atoms with Gasteiger partial charge in [-0.05, 0) is 11.1 Å². The first kappa shape index (κ1) is 22.7. The van der Waals surface area contributed by atoms with Crippen LogP contribution in [-0.4, -0.2) is 11.9 Å². The van der Waals surface area contributed by atoms with Gasteiger partial charge in [-0.3, -0.25) is 0 Å². The van der Waals surface area contributed by atoms with Gasteiger partial charge in [-0.15, -0.1) is 0 Å². The van der Waals surface area contributed by atoms with Crippen molar-refractivity contribution < 1.29 is 78.9 Å². The van der Waals surface area contributed by atoms with Gasteiger partial charge in [0.25, 0.3) is 0 Å². The van der Waals surface area contributed by atoms with Crippen LogP contribution >= 0.6 is 0 Å². The molecule has 0 atom stereocenters. The number of hydrogen-bond donors (Lipinski definition) is 0. The molecule has 0 radical (unpaired) electrons. The Labute approximate surface area is 167 Å². The normalized spacial score (nSPS) is 8.19. The molecule has 0 unspecified atom stereocenters. The zero-order valence-electron chi connectivity index (χ0n) is 12.1. The van der Waals surface area contributed by atoms with Gasteiger partial charge in [0.2, 0.25) is 0 Å². The molecule has 2 rings (SSSR count). The van der Waals surface area contributed by atoms with Crippen LogP contribution in [0.25, 0.3) is 0 Å². The standard InChI is InChI=1S/C8H8O2.C7H6O2.2Na/c9-8(10)6-7-4-2-1-3-5-7;8-7(9)6-4-2-1-3-5-6;;/h1-5H,6H2,(H,9,10);1-5H,(H,8,9);;/q;;2*+1/p-2. The number of hydrogen-bond acceptors (Lipinski definition) is 4. The maximum Gasteiger partial charge on any atom is 1.00 e. The summed E-state index contributed by atoms with van der Waals surface area (Å²) in [6.07, 6.45) is 0.000833. The van der Waals surface area contributed by atoms with Crippen LogP contribution < -0.4 is 69.3 Å². The van der Waals surface area contributed by atoms with E-state index in [-0.39, 0.29) is 71.1 Å². The maximum atomic E-state index is 10.1. The first-order chi connectivity index (χ1) is 9.09. The molecule has 98 valence electrons. The third-order valence-electron chi connectivity index (χ3n) is 2.20. The molecule has 2 aromatic carbocycles. The minimum Gasteiger partial charge on any atom is -0.550 e. The molecule has 21 heavy (non-hydrogen) atoms. The molecule has 0 amide bonds. The second-order valence-electron chi connectivity index (χ2n) is 3.69. The van der Waals surface area contributed by atoms with Crippen LogP contribution in [0, 0.1) is 0 Å². The Morgan fingerprint density at radius 1 is 0.762 bits per heavy atom. The molecule has 6 heteroatoms. The third-order valence-corrected chi connectivity index (χ3v) is 2.20. The van der Waals surface area contributed by atoms with Gasteiger partial charge in [0.1, 0.15) is 0 Å². The molecule has 4 nitrogen and oxygen atoms in total. The van der Waals surface area contributed by atoms with Gasteiger partial charge in [0.05, 0.1) is 5.97 Å². The Bertz CT molecular complexity index is 530. The Morgan fingerprint density at radius 2 is 1.19 bits per heavy atom. The largest absolute Gasteiger partial charge is 1.00 e. The van der Waals surface area contributed by atoms with Gasteiger partial charge in [0.15, 0.2) is 0 Å². The predicted molar refractivity (Wildman–Crippen MR) is 65.9 cm³/mol. The van der Waals surface area contributed by atoms with Crippen molar-refractivity contribution >= 4 is 11.9 Å². The fourth-order valence-electron chi connectivity index (χ4n) is 1.34. The summed E-state index contributed by atoms with van der Waals surface area (Å²) in [5.74, 6) is -2.16. The molecule has 2 aromatic rings. The minimum atomic E-state index is -1.13. The average molecular weight is 302 g/mol. The third kappa shape index (κ3) is 10.7. The van der Waals surface area contributed by atoms with E-state index in [1.807, 2.05) is 6.07 Å². The van der Waals surface area contributed by atoms with E-state index in [0.29, 0.717) is 0 Å². The van der Waals surface area contributed by atoms with E-state index >= 15 is 0 Å². The predicted octanol–water partition coefficient (Wildman–Crippen LogP) is -5.96. The second kappa shape index (κ2) is 13.1. The number of rotatable bonds is 3. The fraction of sp³-hybridized carbons (Fsp3) is 0.0667. The molecule has 0 fully saturated rings. The van der Waals surface area contributed by atoms with E-state index in [1.54, 1.807) is 42.5 Å². The van der Waals surface area contributed by atoms with Gasteiger partial charge in [-0.1, -0.05) is 60.7 Å². The van der Waals surface area contributed by atoms with Crippen molar-refractivity contribution in [2.45, 2.75) is 6.42 Å². The number of carboxylic acid groups (broad SMARTS) is 2.